The third-order valence-corrected chi connectivity index (χ3v) is 6.42. The largest absolute Gasteiger partial charge is 0.474 e. The molecule has 0 bridgehead atoms. The molecule has 2 aliphatic rings. The van der Waals surface area contributed by atoms with Crippen molar-refractivity contribution in [3.8, 4) is 5.88 Å². The molecule has 7 nitrogen and oxygen atoms in total. The number of hydrogen-bond acceptors (Lipinski definition) is 6. The summed E-state index contributed by atoms with van der Waals surface area (Å²) in [7, 11) is 0. The van der Waals surface area contributed by atoms with Crippen molar-refractivity contribution in [2.45, 2.75) is 25.8 Å². The van der Waals surface area contributed by atoms with E-state index >= 15 is 0 Å². The van der Waals surface area contributed by atoms with Crippen molar-refractivity contribution >= 4 is 41.0 Å². The normalized spacial score (nSPS) is 21.9. The van der Waals surface area contributed by atoms with E-state index in [4.69, 9.17) is 33.7 Å². The number of aliphatic imine (C=N–C) groups is 1. The predicted octanol–water partition coefficient (Wildman–Crippen LogP) is 4.54. The SMILES string of the molecule is C=C(/N=C\C=C/N)c1ccc(C)nc1C(=O)N1C[C@@H]2C[C@@H]2C[C@H]1COc1ncc(Cl)cc1Cl. The van der Waals surface area contributed by atoms with Gasteiger partial charge in [-0.15, -0.1) is 0 Å². The molecular weight excluding hydrogens is 461 g/mol. The third-order valence-electron chi connectivity index (χ3n) is 5.94. The van der Waals surface area contributed by atoms with E-state index < -0.39 is 0 Å². The van der Waals surface area contributed by atoms with Crippen molar-refractivity contribution in [1.82, 2.24) is 14.9 Å². The van der Waals surface area contributed by atoms with Crippen molar-refractivity contribution in [1.29, 1.82) is 0 Å². The summed E-state index contributed by atoms with van der Waals surface area (Å²) in [5.74, 6) is 1.28. The number of aryl methyl sites for hydroxylation is 1. The molecule has 172 valence electrons. The van der Waals surface area contributed by atoms with Crippen LogP contribution in [-0.2, 0) is 0 Å². The molecule has 4 rings (SSSR count). The molecule has 0 spiro atoms. The number of fused-ring (bicyclic) bond motifs is 1. The number of rotatable bonds is 7. The van der Waals surface area contributed by atoms with E-state index in [2.05, 4.69) is 21.5 Å². The van der Waals surface area contributed by atoms with E-state index in [9.17, 15) is 4.79 Å². The van der Waals surface area contributed by atoms with Gasteiger partial charge >= 0.3 is 0 Å². The zero-order chi connectivity index (χ0) is 23.5. The molecule has 0 unspecified atom stereocenters. The second-order valence-electron chi connectivity index (χ2n) is 8.31. The highest BCUT2D eigenvalue weighted by molar-refractivity contribution is 6.35. The summed E-state index contributed by atoms with van der Waals surface area (Å²) in [6.07, 6.45) is 7.97. The number of nitrogens with two attached hydrogens (primary N) is 1. The van der Waals surface area contributed by atoms with E-state index in [-0.39, 0.29) is 18.6 Å². The number of nitrogens with zero attached hydrogens (tertiary/aromatic N) is 4. The maximum atomic E-state index is 13.7. The van der Waals surface area contributed by atoms with E-state index in [0.717, 1.165) is 18.5 Å². The maximum absolute atomic E-state index is 13.7. The lowest BCUT2D eigenvalue weighted by Crippen LogP contribution is -2.48. The lowest BCUT2D eigenvalue weighted by atomic mass is 10.0. The summed E-state index contributed by atoms with van der Waals surface area (Å²) in [4.78, 5) is 28.6. The van der Waals surface area contributed by atoms with Gasteiger partial charge in [0, 0.05) is 30.2 Å². The van der Waals surface area contributed by atoms with Gasteiger partial charge in [-0.2, -0.15) is 0 Å². The van der Waals surface area contributed by atoms with Crippen LogP contribution in [0.1, 0.15) is 34.6 Å². The fraction of sp³-hybridized carbons (Fsp3) is 0.333. The molecular formula is C24H25Cl2N5O2. The first-order valence-electron chi connectivity index (χ1n) is 10.7. The first-order chi connectivity index (χ1) is 15.9. The number of ether oxygens (including phenoxy) is 1. The number of hydrogen-bond donors (Lipinski definition) is 1. The smallest absolute Gasteiger partial charge is 0.273 e. The van der Waals surface area contributed by atoms with E-state index in [0.29, 0.717) is 51.3 Å². The lowest BCUT2D eigenvalue weighted by Gasteiger charge is -2.35. The van der Waals surface area contributed by atoms with Crippen molar-refractivity contribution in [3.05, 3.63) is 70.2 Å². The van der Waals surface area contributed by atoms with Crippen LogP contribution in [0.25, 0.3) is 5.70 Å². The van der Waals surface area contributed by atoms with Crippen LogP contribution in [0, 0.1) is 18.8 Å². The Morgan fingerprint density at radius 3 is 2.94 bits per heavy atom. The molecule has 2 aromatic rings. The summed E-state index contributed by atoms with van der Waals surface area (Å²) in [6, 6.07) is 5.13. The van der Waals surface area contributed by atoms with Crippen molar-refractivity contribution in [2.24, 2.45) is 22.6 Å². The zero-order valence-corrected chi connectivity index (χ0v) is 19.8. The molecule has 0 radical (unpaired) electrons. The molecule has 2 aromatic heterocycles. The van der Waals surface area contributed by atoms with Crippen molar-refractivity contribution < 1.29 is 9.53 Å². The van der Waals surface area contributed by atoms with Crippen LogP contribution in [0.5, 0.6) is 5.88 Å². The molecule has 1 aliphatic heterocycles. The average Bonchev–Trinajstić information content (AvgIpc) is 3.56. The summed E-state index contributed by atoms with van der Waals surface area (Å²) < 4.78 is 5.90. The van der Waals surface area contributed by atoms with Crippen molar-refractivity contribution in [2.75, 3.05) is 13.2 Å². The Morgan fingerprint density at radius 2 is 2.18 bits per heavy atom. The molecule has 1 aliphatic carbocycles. The van der Waals surface area contributed by atoms with Crippen LogP contribution in [0.2, 0.25) is 10.0 Å². The van der Waals surface area contributed by atoms with Crippen LogP contribution in [0.15, 0.2) is 48.2 Å². The van der Waals surface area contributed by atoms with Crippen LogP contribution in [0.4, 0.5) is 0 Å². The molecule has 1 saturated carbocycles. The van der Waals surface area contributed by atoms with E-state index in [1.54, 1.807) is 12.1 Å². The highest BCUT2D eigenvalue weighted by Gasteiger charge is 2.47. The number of carbonyl (C=O) groups excluding carboxylic acids is 1. The van der Waals surface area contributed by atoms with Gasteiger partial charge in [-0.1, -0.05) is 29.8 Å². The van der Waals surface area contributed by atoms with Gasteiger partial charge in [-0.05, 0) is 62.1 Å². The topological polar surface area (TPSA) is 93.7 Å². The minimum Gasteiger partial charge on any atom is -0.474 e. The number of likely N-dealkylation sites (tertiary alicyclic amines) is 1. The number of aromatic nitrogens is 2. The minimum absolute atomic E-state index is 0.123. The monoisotopic (exact) mass is 485 g/mol. The highest BCUT2D eigenvalue weighted by atomic mass is 35.5. The summed E-state index contributed by atoms with van der Waals surface area (Å²) in [6.45, 7) is 6.81. The fourth-order valence-electron chi connectivity index (χ4n) is 4.13. The Kier molecular flexibility index (Phi) is 7.00. The standard InChI is InChI=1S/C24H25Cl2N5O2/c1-14-4-5-20(15(2)28-7-3-6-27)22(30-14)24(32)31-12-17-8-16(17)9-19(31)13-33-23-21(26)10-18(25)11-29-23/h3-7,10-11,16-17,19H,2,8-9,12-13,27H2,1H3/b6-3-,28-7-/t16-,17+,19+/m1/s1. The maximum Gasteiger partial charge on any atom is 0.273 e. The van der Waals surface area contributed by atoms with E-state index in [1.807, 2.05) is 24.0 Å². The predicted molar refractivity (Wildman–Crippen MR) is 131 cm³/mol. The second kappa shape index (κ2) is 9.93. The Bertz CT molecular complexity index is 1130. The fourth-order valence-corrected chi connectivity index (χ4v) is 4.57. The van der Waals surface area contributed by atoms with Crippen LogP contribution < -0.4 is 10.5 Å². The number of amides is 1. The first-order valence-corrected chi connectivity index (χ1v) is 11.5. The molecule has 3 heterocycles. The van der Waals surface area contributed by atoms with Crippen molar-refractivity contribution in [3.63, 3.8) is 0 Å². The summed E-state index contributed by atoms with van der Waals surface area (Å²) in [5.41, 5.74) is 7.47. The van der Waals surface area contributed by atoms with Gasteiger partial charge in [0.15, 0.2) is 0 Å². The van der Waals surface area contributed by atoms with Crippen LogP contribution >= 0.6 is 23.2 Å². The number of halogens is 2. The Labute approximate surface area is 203 Å². The van der Waals surface area contributed by atoms with Gasteiger partial charge in [-0.3, -0.25) is 9.79 Å². The van der Waals surface area contributed by atoms with Crippen LogP contribution in [0.3, 0.4) is 0 Å². The zero-order valence-electron chi connectivity index (χ0n) is 18.2. The lowest BCUT2D eigenvalue weighted by molar-refractivity contribution is 0.0502. The molecule has 1 amide bonds. The number of carbonyl (C=O) groups is 1. The summed E-state index contributed by atoms with van der Waals surface area (Å²) in [5, 5.41) is 0.773. The van der Waals surface area contributed by atoms with Gasteiger partial charge in [0.2, 0.25) is 5.88 Å². The Morgan fingerprint density at radius 1 is 1.36 bits per heavy atom. The Hall–Kier alpha value is -2.90. The molecule has 2 N–H and O–H groups in total. The molecule has 1 saturated heterocycles. The quantitative estimate of drug-likeness (QED) is 0.581. The molecule has 3 atom stereocenters. The highest BCUT2D eigenvalue weighted by Crippen LogP contribution is 2.47. The number of allylic oxidation sites excluding steroid dienone is 1. The Balaban J connectivity index is 1.57. The first kappa shape index (κ1) is 23.3. The molecule has 9 heteroatoms. The third kappa shape index (κ3) is 5.37. The van der Waals surface area contributed by atoms with Gasteiger partial charge in [0.05, 0.1) is 16.8 Å². The number of piperidine rings is 1. The van der Waals surface area contributed by atoms with Crippen LogP contribution in [-0.4, -0.2) is 46.2 Å². The van der Waals surface area contributed by atoms with Gasteiger partial charge < -0.3 is 15.4 Å². The molecule has 0 aromatic carbocycles. The minimum atomic E-state index is -0.159. The second-order valence-corrected chi connectivity index (χ2v) is 9.16. The van der Waals surface area contributed by atoms with Gasteiger partial charge in [0.25, 0.3) is 5.91 Å². The summed E-state index contributed by atoms with van der Waals surface area (Å²) >= 11 is 12.1. The van der Waals surface area contributed by atoms with Gasteiger partial charge in [0.1, 0.15) is 17.3 Å². The van der Waals surface area contributed by atoms with E-state index in [1.165, 1.54) is 18.6 Å². The average molecular weight is 486 g/mol. The molecule has 33 heavy (non-hydrogen) atoms. The number of pyridine rings is 2. The van der Waals surface area contributed by atoms with Gasteiger partial charge in [-0.25, -0.2) is 9.97 Å². The molecule has 2 fully saturated rings.